The van der Waals surface area contributed by atoms with Gasteiger partial charge in [0.2, 0.25) is 0 Å². The molecule has 3 heteroatoms. The zero-order chi connectivity index (χ0) is 11.5. The van der Waals surface area contributed by atoms with Gasteiger partial charge in [0.1, 0.15) is 0 Å². The van der Waals surface area contributed by atoms with E-state index in [-0.39, 0.29) is 6.54 Å². The number of hydrogen-bond acceptors (Lipinski definition) is 2. The van der Waals surface area contributed by atoms with E-state index in [2.05, 4.69) is 0 Å². The summed E-state index contributed by atoms with van der Waals surface area (Å²) >= 11 is 6.10. The van der Waals surface area contributed by atoms with E-state index in [1.54, 1.807) is 0 Å². The molecule has 3 N–H and O–H groups in total. The maximum atomic E-state index is 10.1. The average molecular weight is 228 g/mol. The Morgan fingerprint density at radius 1 is 1.47 bits per heavy atom. The fourth-order valence-electron chi connectivity index (χ4n) is 1.49. The van der Waals surface area contributed by atoms with Gasteiger partial charge in [0, 0.05) is 18.0 Å². The molecule has 0 fully saturated rings. The molecule has 0 bridgehead atoms. The van der Waals surface area contributed by atoms with Gasteiger partial charge >= 0.3 is 0 Å². The number of hydrogen-bond donors (Lipinski definition) is 2. The molecule has 1 aromatic rings. The SMILES string of the molecule is CCC(O)(CN)Cc1ccc(C)cc1Cl. The Morgan fingerprint density at radius 2 is 2.13 bits per heavy atom. The first-order valence-corrected chi connectivity index (χ1v) is 5.56. The fraction of sp³-hybridized carbons (Fsp3) is 0.500. The van der Waals surface area contributed by atoms with Gasteiger partial charge in [-0.2, -0.15) is 0 Å². The van der Waals surface area contributed by atoms with Crippen molar-refractivity contribution in [2.45, 2.75) is 32.3 Å². The van der Waals surface area contributed by atoms with Crippen molar-refractivity contribution >= 4 is 11.6 Å². The van der Waals surface area contributed by atoms with Crippen molar-refractivity contribution in [1.82, 2.24) is 0 Å². The van der Waals surface area contributed by atoms with E-state index in [9.17, 15) is 5.11 Å². The van der Waals surface area contributed by atoms with Gasteiger partial charge in [-0.1, -0.05) is 30.7 Å². The minimum absolute atomic E-state index is 0.258. The maximum Gasteiger partial charge on any atom is 0.0807 e. The summed E-state index contributed by atoms with van der Waals surface area (Å²) in [6, 6.07) is 5.85. The minimum atomic E-state index is -0.834. The molecule has 1 unspecified atom stereocenters. The first-order chi connectivity index (χ1) is 7.00. The first-order valence-electron chi connectivity index (χ1n) is 5.18. The zero-order valence-corrected chi connectivity index (χ0v) is 10.0. The molecule has 0 aliphatic heterocycles. The largest absolute Gasteiger partial charge is 0.388 e. The second-order valence-corrected chi connectivity index (χ2v) is 4.46. The van der Waals surface area contributed by atoms with Crippen LogP contribution in [0, 0.1) is 6.92 Å². The minimum Gasteiger partial charge on any atom is -0.388 e. The van der Waals surface area contributed by atoms with Crippen LogP contribution in [0.4, 0.5) is 0 Å². The Bertz CT molecular complexity index is 334. The zero-order valence-electron chi connectivity index (χ0n) is 9.26. The van der Waals surface area contributed by atoms with Crippen LogP contribution < -0.4 is 5.73 Å². The number of benzene rings is 1. The topological polar surface area (TPSA) is 46.2 Å². The molecule has 84 valence electrons. The molecule has 2 nitrogen and oxygen atoms in total. The van der Waals surface area contributed by atoms with Gasteiger partial charge in [0.05, 0.1) is 5.60 Å². The Hall–Kier alpha value is -0.570. The monoisotopic (exact) mass is 227 g/mol. The lowest BCUT2D eigenvalue weighted by molar-refractivity contribution is 0.0456. The molecule has 0 saturated heterocycles. The van der Waals surface area contributed by atoms with E-state index in [0.717, 1.165) is 11.1 Å². The Morgan fingerprint density at radius 3 is 2.60 bits per heavy atom. The van der Waals surface area contributed by atoms with Crippen molar-refractivity contribution in [2.75, 3.05) is 6.54 Å². The molecular formula is C12H18ClNO. The molecule has 0 saturated carbocycles. The van der Waals surface area contributed by atoms with Crippen LogP contribution in [0.3, 0.4) is 0 Å². The van der Waals surface area contributed by atoms with Crippen molar-refractivity contribution in [3.8, 4) is 0 Å². The van der Waals surface area contributed by atoms with Gasteiger partial charge in [-0.25, -0.2) is 0 Å². The number of nitrogens with two attached hydrogens (primary N) is 1. The summed E-state index contributed by atoms with van der Waals surface area (Å²) in [7, 11) is 0. The van der Waals surface area contributed by atoms with Crippen molar-refractivity contribution in [3.63, 3.8) is 0 Å². The summed E-state index contributed by atoms with van der Waals surface area (Å²) in [5.41, 5.74) is 6.80. The van der Waals surface area contributed by atoms with Crippen LogP contribution in [0.2, 0.25) is 5.02 Å². The van der Waals surface area contributed by atoms with Crippen LogP contribution in [-0.2, 0) is 6.42 Å². The molecule has 0 amide bonds. The van der Waals surface area contributed by atoms with Gasteiger partial charge in [-0.05, 0) is 30.5 Å². The standard InChI is InChI=1S/C12H18ClNO/c1-3-12(15,8-14)7-10-5-4-9(2)6-11(10)13/h4-6,15H,3,7-8,14H2,1-2H3. The van der Waals surface area contributed by atoms with E-state index >= 15 is 0 Å². The van der Waals surface area contributed by atoms with Crippen LogP contribution in [0.5, 0.6) is 0 Å². The summed E-state index contributed by atoms with van der Waals surface area (Å²) in [4.78, 5) is 0. The molecule has 0 radical (unpaired) electrons. The average Bonchev–Trinajstić information content (AvgIpc) is 2.22. The normalized spacial score (nSPS) is 15.0. The van der Waals surface area contributed by atoms with Crippen LogP contribution in [-0.4, -0.2) is 17.3 Å². The molecule has 0 heterocycles. The highest BCUT2D eigenvalue weighted by Crippen LogP contribution is 2.23. The lowest BCUT2D eigenvalue weighted by Crippen LogP contribution is -2.39. The quantitative estimate of drug-likeness (QED) is 0.829. The predicted octanol–water partition coefficient (Wildman–Crippen LogP) is 2.29. The Kier molecular flexibility index (Phi) is 4.14. The molecule has 1 atom stereocenters. The van der Waals surface area contributed by atoms with Gasteiger partial charge in [-0.15, -0.1) is 0 Å². The third kappa shape index (κ3) is 3.20. The Labute approximate surface area is 96.1 Å². The van der Waals surface area contributed by atoms with Crippen LogP contribution >= 0.6 is 11.6 Å². The number of aliphatic hydroxyl groups is 1. The molecule has 0 aliphatic carbocycles. The number of aryl methyl sites for hydroxylation is 1. The first kappa shape index (κ1) is 12.5. The van der Waals surface area contributed by atoms with E-state index in [1.165, 1.54) is 0 Å². The summed E-state index contributed by atoms with van der Waals surface area (Å²) in [5.74, 6) is 0. The molecular weight excluding hydrogens is 210 g/mol. The van der Waals surface area contributed by atoms with E-state index in [0.29, 0.717) is 17.9 Å². The van der Waals surface area contributed by atoms with Crippen molar-refractivity contribution < 1.29 is 5.11 Å². The second-order valence-electron chi connectivity index (χ2n) is 4.05. The third-order valence-electron chi connectivity index (χ3n) is 2.77. The number of rotatable bonds is 4. The number of halogens is 1. The maximum absolute atomic E-state index is 10.1. The predicted molar refractivity (Wildman–Crippen MR) is 64.2 cm³/mol. The van der Waals surface area contributed by atoms with Gasteiger partial charge in [0.15, 0.2) is 0 Å². The lowest BCUT2D eigenvalue weighted by Gasteiger charge is -2.25. The summed E-state index contributed by atoms with van der Waals surface area (Å²) in [6.07, 6.45) is 1.15. The second kappa shape index (κ2) is 4.97. The molecule has 15 heavy (non-hydrogen) atoms. The van der Waals surface area contributed by atoms with Crippen LogP contribution in [0.25, 0.3) is 0 Å². The third-order valence-corrected chi connectivity index (χ3v) is 3.12. The molecule has 0 aromatic heterocycles. The van der Waals surface area contributed by atoms with Crippen LogP contribution in [0.15, 0.2) is 18.2 Å². The smallest absolute Gasteiger partial charge is 0.0807 e. The van der Waals surface area contributed by atoms with Gasteiger partial charge in [-0.3, -0.25) is 0 Å². The molecule has 1 rings (SSSR count). The lowest BCUT2D eigenvalue weighted by atomic mass is 9.92. The summed E-state index contributed by atoms with van der Waals surface area (Å²) < 4.78 is 0. The van der Waals surface area contributed by atoms with Crippen LogP contribution in [0.1, 0.15) is 24.5 Å². The van der Waals surface area contributed by atoms with Gasteiger partial charge < -0.3 is 10.8 Å². The highest BCUT2D eigenvalue weighted by atomic mass is 35.5. The Balaban J connectivity index is 2.89. The van der Waals surface area contributed by atoms with E-state index < -0.39 is 5.60 Å². The summed E-state index contributed by atoms with van der Waals surface area (Å²) in [6.45, 7) is 4.17. The van der Waals surface area contributed by atoms with Crippen molar-refractivity contribution in [1.29, 1.82) is 0 Å². The van der Waals surface area contributed by atoms with Gasteiger partial charge in [0.25, 0.3) is 0 Å². The fourth-order valence-corrected chi connectivity index (χ4v) is 1.79. The summed E-state index contributed by atoms with van der Waals surface area (Å²) in [5, 5.41) is 10.8. The molecule has 0 spiro atoms. The van der Waals surface area contributed by atoms with E-state index in [1.807, 2.05) is 32.0 Å². The molecule has 1 aromatic carbocycles. The van der Waals surface area contributed by atoms with E-state index in [4.69, 9.17) is 17.3 Å². The highest BCUT2D eigenvalue weighted by molar-refractivity contribution is 6.31. The van der Waals surface area contributed by atoms with Crippen molar-refractivity contribution in [3.05, 3.63) is 34.3 Å². The molecule has 0 aliphatic rings. The highest BCUT2D eigenvalue weighted by Gasteiger charge is 2.23. The van der Waals surface area contributed by atoms with Crippen molar-refractivity contribution in [2.24, 2.45) is 5.73 Å².